The summed E-state index contributed by atoms with van der Waals surface area (Å²) in [6, 6.07) is 11.3. The van der Waals surface area contributed by atoms with Gasteiger partial charge in [0.25, 0.3) is 0 Å². The average Bonchev–Trinajstić information content (AvgIpc) is 2.40. The van der Waals surface area contributed by atoms with Crippen molar-refractivity contribution in [2.45, 2.75) is 6.61 Å². The molecule has 0 amide bonds. The minimum Gasteiger partial charge on any atom is -0.489 e. The predicted octanol–water partition coefficient (Wildman–Crippen LogP) is 3.87. The van der Waals surface area contributed by atoms with Crippen molar-refractivity contribution in [3.63, 3.8) is 0 Å². The number of halogens is 2. The molecule has 5 heteroatoms. The van der Waals surface area contributed by atoms with Crippen LogP contribution in [0.4, 0.5) is 4.39 Å². The Balaban J connectivity index is 2.06. The molecule has 3 nitrogen and oxygen atoms in total. The molecule has 2 aromatic rings. The number of oxime groups is 1. The van der Waals surface area contributed by atoms with E-state index in [9.17, 15) is 4.39 Å². The van der Waals surface area contributed by atoms with Crippen LogP contribution in [0, 0.1) is 5.82 Å². The van der Waals surface area contributed by atoms with Crippen LogP contribution in [-0.2, 0) is 6.61 Å². The highest BCUT2D eigenvalue weighted by atomic mass is 35.5. The topological polar surface area (TPSA) is 41.8 Å². The molecule has 0 saturated carbocycles. The lowest BCUT2D eigenvalue weighted by atomic mass is 10.2. The smallest absolute Gasteiger partial charge is 0.131 e. The van der Waals surface area contributed by atoms with Crippen LogP contribution in [0.1, 0.15) is 11.1 Å². The van der Waals surface area contributed by atoms with Gasteiger partial charge in [0.1, 0.15) is 18.2 Å². The van der Waals surface area contributed by atoms with Crippen LogP contribution in [0.2, 0.25) is 5.02 Å². The summed E-state index contributed by atoms with van der Waals surface area (Å²) in [6.45, 7) is 0.0545. The van der Waals surface area contributed by atoms with E-state index in [0.29, 0.717) is 16.3 Å². The SMILES string of the molecule is O/N=C/c1ccc(OCc2c(F)cccc2Cl)cc1. The highest BCUT2D eigenvalue weighted by molar-refractivity contribution is 6.31. The largest absolute Gasteiger partial charge is 0.489 e. The number of hydrogen-bond acceptors (Lipinski definition) is 3. The van der Waals surface area contributed by atoms with Gasteiger partial charge in [-0.25, -0.2) is 4.39 Å². The van der Waals surface area contributed by atoms with Crippen molar-refractivity contribution in [1.82, 2.24) is 0 Å². The summed E-state index contributed by atoms with van der Waals surface area (Å²) in [5.74, 6) is 0.186. The van der Waals surface area contributed by atoms with E-state index in [0.717, 1.165) is 5.56 Å². The fraction of sp³-hybridized carbons (Fsp3) is 0.0714. The Kier molecular flexibility index (Phi) is 4.36. The van der Waals surface area contributed by atoms with E-state index in [-0.39, 0.29) is 6.61 Å². The second-order valence-electron chi connectivity index (χ2n) is 3.80. The van der Waals surface area contributed by atoms with E-state index in [2.05, 4.69) is 5.16 Å². The highest BCUT2D eigenvalue weighted by Crippen LogP contribution is 2.21. The van der Waals surface area contributed by atoms with Gasteiger partial charge in [0, 0.05) is 5.56 Å². The molecule has 0 atom stereocenters. The molecule has 0 aliphatic carbocycles. The molecule has 98 valence electrons. The molecule has 0 unspecified atom stereocenters. The standard InChI is InChI=1S/C14H11ClFNO2/c15-13-2-1-3-14(16)12(13)9-19-11-6-4-10(5-7-11)8-17-18/h1-8,18H,9H2/b17-8+. The molecule has 0 fully saturated rings. The van der Waals surface area contributed by atoms with Gasteiger partial charge >= 0.3 is 0 Å². The molecule has 2 aromatic carbocycles. The van der Waals surface area contributed by atoms with Gasteiger partial charge in [0.15, 0.2) is 0 Å². The number of nitrogens with zero attached hydrogens (tertiary/aromatic N) is 1. The van der Waals surface area contributed by atoms with Crippen LogP contribution in [0.3, 0.4) is 0 Å². The molecule has 0 aromatic heterocycles. The highest BCUT2D eigenvalue weighted by Gasteiger charge is 2.07. The van der Waals surface area contributed by atoms with E-state index in [1.807, 2.05) is 0 Å². The third-order valence-electron chi connectivity index (χ3n) is 2.53. The monoisotopic (exact) mass is 279 g/mol. The Morgan fingerprint density at radius 3 is 2.58 bits per heavy atom. The normalized spacial score (nSPS) is 10.8. The van der Waals surface area contributed by atoms with Crippen molar-refractivity contribution in [2.75, 3.05) is 0 Å². The Hall–Kier alpha value is -2.07. The zero-order chi connectivity index (χ0) is 13.7. The van der Waals surface area contributed by atoms with E-state index in [1.54, 1.807) is 36.4 Å². The lowest BCUT2D eigenvalue weighted by Gasteiger charge is -2.08. The summed E-state index contributed by atoms with van der Waals surface area (Å²) >= 11 is 5.90. The Bertz CT molecular complexity index is 564. The van der Waals surface area contributed by atoms with E-state index in [4.69, 9.17) is 21.5 Å². The number of hydrogen-bond donors (Lipinski definition) is 1. The third kappa shape index (κ3) is 3.45. The lowest BCUT2D eigenvalue weighted by Crippen LogP contribution is -1.99. The second kappa shape index (κ2) is 6.20. The molecule has 1 N–H and O–H groups in total. The first-order chi connectivity index (χ1) is 9.20. The first kappa shape index (κ1) is 13.4. The van der Waals surface area contributed by atoms with Gasteiger partial charge in [0.05, 0.1) is 11.2 Å². The van der Waals surface area contributed by atoms with Crippen molar-refractivity contribution in [2.24, 2.45) is 5.16 Å². The van der Waals surface area contributed by atoms with Gasteiger partial charge in [-0.15, -0.1) is 0 Å². The lowest BCUT2D eigenvalue weighted by molar-refractivity contribution is 0.300. The van der Waals surface area contributed by atoms with Gasteiger partial charge in [-0.05, 0) is 42.0 Å². The molecule has 0 spiro atoms. The molecule has 0 radical (unpaired) electrons. The fourth-order valence-electron chi connectivity index (χ4n) is 1.54. The van der Waals surface area contributed by atoms with Gasteiger partial charge in [-0.2, -0.15) is 0 Å². The summed E-state index contributed by atoms with van der Waals surface area (Å²) in [4.78, 5) is 0. The van der Waals surface area contributed by atoms with Gasteiger partial charge in [-0.1, -0.05) is 22.8 Å². The summed E-state index contributed by atoms with van der Waals surface area (Å²) in [7, 11) is 0. The molecule has 0 bridgehead atoms. The number of ether oxygens (including phenoxy) is 1. The van der Waals surface area contributed by atoms with Crippen LogP contribution >= 0.6 is 11.6 Å². The molecule has 0 heterocycles. The third-order valence-corrected chi connectivity index (χ3v) is 2.89. The molecular weight excluding hydrogens is 269 g/mol. The summed E-state index contributed by atoms with van der Waals surface area (Å²) in [5.41, 5.74) is 1.06. The van der Waals surface area contributed by atoms with Gasteiger partial charge in [0.2, 0.25) is 0 Å². The van der Waals surface area contributed by atoms with Gasteiger partial charge in [-0.3, -0.25) is 0 Å². The minimum atomic E-state index is -0.392. The van der Waals surface area contributed by atoms with E-state index in [1.165, 1.54) is 12.3 Å². The summed E-state index contributed by atoms with van der Waals surface area (Å²) < 4.78 is 19.0. The van der Waals surface area contributed by atoms with E-state index < -0.39 is 5.82 Å². The maximum Gasteiger partial charge on any atom is 0.131 e. The van der Waals surface area contributed by atoms with Crippen molar-refractivity contribution in [1.29, 1.82) is 0 Å². The Labute approximate surface area is 114 Å². The quantitative estimate of drug-likeness (QED) is 0.524. The molecule has 0 aliphatic heterocycles. The summed E-state index contributed by atoms with van der Waals surface area (Å²) in [5, 5.41) is 11.6. The van der Waals surface area contributed by atoms with Crippen LogP contribution in [0.15, 0.2) is 47.6 Å². The fourth-order valence-corrected chi connectivity index (χ4v) is 1.76. The zero-order valence-corrected chi connectivity index (χ0v) is 10.6. The number of rotatable bonds is 4. The van der Waals surface area contributed by atoms with Crippen LogP contribution in [0.5, 0.6) is 5.75 Å². The number of benzene rings is 2. The van der Waals surface area contributed by atoms with Crippen molar-refractivity contribution < 1.29 is 14.3 Å². The minimum absolute atomic E-state index is 0.0545. The maximum absolute atomic E-state index is 13.5. The summed E-state index contributed by atoms with van der Waals surface area (Å²) in [6.07, 6.45) is 1.30. The van der Waals surface area contributed by atoms with E-state index >= 15 is 0 Å². The second-order valence-corrected chi connectivity index (χ2v) is 4.21. The average molecular weight is 280 g/mol. The van der Waals surface area contributed by atoms with Crippen molar-refractivity contribution in [3.05, 3.63) is 64.4 Å². The Morgan fingerprint density at radius 1 is 1.21 bits per heavy atom. The van der Waals surface area contributed by atoms with Crippen molar-refractivity contribution in [3.8, 4) is 5.75 Å². The van der Waals surface area contributed by atoms with Crippen LogP contribution < -0.4 is 4.74 Å². The van der Waals surface area contributed by atoms with Crippen LogP contribution in [-0.4, -0.2) is 11.4 Å². The molecule has 0 saturated heterocycles. The first-order valence-corrected chi connectivity index (χ1v) is 5.91. The first-order valence-electron chi connectivity index (χ1n) is 5.54. The van der Waals surface area contributed by atoms with Crippen molar-refractivity contribution >= 4 is 17.8 Å². The van der Waals surface area contributed by atoms with Gasteiger partial charge < -0.3 is 9.94 Å². The molecular formula is C14H11ClFNO2. The zero-order valence-electron chi connectivity index (χ0n) is 9.88. The van der Waals surface area contributed by atoms with Crippen LogP contribution in [0.25, 0.3) is 0 Å². The molecule has 2 rings (SSSR count). The maximum atomic E-state index is 13.5. The predicted molar refractivity (Wildman–Crippen MR) is 71.6 cm³/mol. The molecule has 0 aliphatic rings. The Morgan fingerprint density at radius 2 is 1.95 bits per heavy atom. The molecule has 19 heavy (non-hydrogen) atoms.